The van der Waals surface area contributed by atoms with Gasteiger partial charge in [0.1, 0.15) is 0 Å². The maximum Gasteiger partial charge on any atom is 0.0701 e. The van der Waals surface area contributed by atoms with Crippen LogP contribution in [0.5, 0.6) is 0 Å². The van der Waals surface area contributed by atoms with E-state index in [1.165, 1.54) is 21.5 Å². The van der Waals surface area contributed by atoms with Crippen LogP contribution in [-0.2, 0) is 10.2 Å². The monoisotopic (exact) mass is 289 g/mol. The van der Waals surface area contributed by atoms with Gasteiger partial charge in [0.15, 0.2) is 0 Å². The van der Waals surface area contributed by atoms with Crippen molar-refractivity contribution >= 4 is 27.3 Å². The molecular weight excluding hydrogens is 274 g/mol. The van der Waals surface area contributed by atoms with Gasteiger partial charge in [-0.05, 0) is 54.5 Å². The van der Waals surface area contributed by atoms with Gasteiger partial charge in [-0.1, -0.05) is 0 Å². The van der Waals surface area contributed by atoms with Crippen LogP contribution in [0.4, 0.5) is 0 Å². The second-order valence-corrected chi connectivity index (χ2v) is 6.55. The number of nitrogens with one attached hydrogen (secondary N) is 1. The van der Waals surface area contributed by atoms with Crippen molar-refractivity contribution in [2.24, 2.45) is 0 Å². The Morgan fingerprint density at radius 3 is 2.80 bits per heavy atom. The minimum Gasteiger partial charge on any atom is -0.379 e. The maximum absolute atomic E-state index is 5.40. The Kier molecular flexibility index (Phi) is 3.83. The second kappa shape index (κ2) is 4.95. The molecule has 1 aliphatic heterocycles. The van der Waals surface area contributed by atoms with Gasteiger partial charge >= 0.3 is 0 Å². The fraction of sp³-hybridized carbons (Fsp3) is 0.636. The molecule has 0 amide bonds. The quantitative estimate of drug-likeness (QED) is 0.842. The molecule has 1 N–H and O–H groups in total. The average molecular weight is 290 g/mol. The van der Waals surface area contributed by atoms with E-state index in [2.05, 4.69) is 33.4 Å². The van der Waals surface area contributed by atoms with Gasteiger partial charge in [-0.15, -0.1) is 11.3 Å². The lowest BCUT2D eigenvalue weighted by Gasteiger charge is -2.41. The summed E-state index contributed by atoms with van der Waals surface area (Å²) in [4.78, 5) is 1.47. The lowest BCUT2D eigenvalue weighted by atomic mass is 9.80. The fourth-order valence-corrected chi connectivity index (χ4v) is 3.54. The summed E-state index contributed by atoms with van der Waals surface area (Å²) in [6.07, 6.45) is 2.44. The van der Waals surface area contributed by atoms with Gasteiger partial charge in [0.05, 0.1) is 22.4 Å². The van der Waals surface area contributed by atoms with E-state index in [4.69, 9.17) is 4.74 Å². The smallest absolute Gasteiger partial charge is 0.0701 e. The molecular formula is C11H16BrNOS. The third-order valence-electron chi connectivity index (χ3n) is 2.93. The molecule has 0 atom stereocenters. The van der Waals surface area contributed by atoms with E-state index in [0.717, 1.165) is 19.8 Å². The van der Waals surface area contributed by atoms with Crippen LogP contribution in [0, 0.1) is 0 Å². The van der Waals surface area contributed by atoms with Crippen LogP contribution >= 0.6 is 27.3 Å². The summed E-state index contributed by atoms with van der Waals surface area (Å²) in [6.45, 7) is 2.88. The number of rotatable bonds is 5. The normalized spacial score (nSPS) is 18.8. The van der Waals surface area contributed by atoms with Crippen LogP contribution in [0.2, 0.25) is 0 Å². The van der Waals surface area contributed by atoms with Crippen LogP contribution in [0.15, 0.2) is 15.9 Å². The summed E-state index contributed by atoms with van der Waals surface area (Å²) in [5, 5.41) is 3.20. The predicted octanol–water partition coefficient (Wildman–Crippen LogP) is 2.78. The maximum atomic E-state index is 5.40. The Morgan fingerprint density at radius 1 is 1.53 bits per heavy atom. The van der Waals surface area contributed by atoms with Gasteiger partial charge in [-0.3, -0.25) is 0 Å². The first-order valence-electron chi connectivity index (χ1n) is 5.25. The molecule has 84 valence electrons. The van der Waals surface area contributed by atoms with E-state index >= 15 is 0 Å². The van der Waals surface area contributed by atoms with E-state index in [-0.39, 0.29) is 0 Å². The molecule has 1 aromatic heterocycles. The Labute approximate surface area is 103 Å². The Morgan fingerprint density at radius 2 is 2.33 bits per heavy atom. The molecule has 0 unspecified atom stereocenters. The first-order valence-corrected chi connectivity index (χ1v) is 6.86. The molecule has 1 aromatic rings. The van der Waals surface area contributed by atoms with E-state index in [0.29, 0.717) is 5.41 Å². The van der Waals surface area contributed by atoms with E-state index in [1.54, 1.807) is 0 Å². The number of thiophene rings is 1. The molecule has 2 rings (SSSR count). The molecule has 2 heterocycles. The predicted molar refractivity (Wildman–Crippen MR) is 67.7 cm³/mol. The number of hydrogen-bond donors (Lipinski definition) is 1. The molecule has 15 heavy (non-hydrogen) atoms. The van der Waals surface area contributed by atoms with Crippen molar-refractivity contribution in [3.8, 4) is 0 Å². The first kappa shape index (κ1) is 11.6. The SMILES string of the molecule is CNCCCC1(c2ccc(Br)s2)COC1. The highest BCUT2D eigenvalue weighted by Gasteiger charge is 2.40. The zero-order chi connectivity index (χ0) is 10.7. The van der Waals surface area contributed by atoms with Crippen molar-refractivity contribution in [1.82, 2.24) is 5.32 Å². The first-order chi connectivity index (χ1) is 7.27. The van der Waals surface area contributed by atoms with Crippen LogP contribution in [0.1, 0.15) is 17.7 Å². The van der Waals surface area contributed by atoms with Gasteiger partial charge in [-0.25, -0.2) is 0 Å². The molecule has 0 aliphatic carbocycles. The van der Waals surface area contributed by atoms with Gasteiger partial charge in [0.2, 0.25) is 0 Å². The minimum absolute atomic E-state index is 0.313. The summed E-state index contributed by atoms with van der Waals surface area (Å²) in [5.41, 5.74) is 0.313. The van der Waals surface area contributed by atoms with Gasteiger partial charge in [-0.2, -0.15) is 0 Å². The van der Waals surface area contributed by atoms with Crippen molar-refractivity contribution in [1.29, 1.82) is 0 Å². The zero-order valence-electron chi connectivity index (χ0n) is 8.88. The molecule has 4 heteroatoms. The molecule has 0 spiro atoms. The van der Waals surface area contributed by atoms with E-state index < -0.39 is 0 Å². The molecule has 2 nitrogen and oxygen atoms in total. The highest BCUT2D eigenvalue weighted by atomic mass is 79.9. The third kappa shape index (κ3) is 2.44. The highest BCUT2D eigenvalue weighted by molar-refractivity contribution is 9.11. The Bertz CT molecular complexity index is 322. The summed E-state index contributed by atoms with van der Waals surface area (Å²) < 4.78 is 6.62. The average Bonchev–Trinajstić information content (AvgIpc) is 2.57. The Balaban J connectivity index is 2.01. The fourth-order valence-electron chi connectivity index (χ4n) is 1.96. The van der Waals surface area contributed by atoms with Gasteiger partial charge < -0.3 is 10.1 Å². The lowest BCUT2D eigenvalue weighted by molar-refractivity contribution is -0.0631. The third-order valence-corrected chi connectivity index (χ3v) is 4.80. The minimum atomic E-state index is 0.313. The standard InChI is InChI=1S/C11H16BrNOS/c1-13-6-2-5-11(7-14-8-11)9-3-4-10(12)15-9/h3-4,13H,2,5-8H2,1H3. The second-order valence-electron chi connectivity index (χ2n) is 4.08. The zero-order valence-corrected chi connectivity index (χ0v) is 11.3. The van der Waals surface area contributed by atoms with Crippen LogP contribution in [0.25, 0.3) is 0 Å². The van der Waals surface area contributed by atoms with Crippen LogP contribution < -0.4 is 5.32 Å². The Hall–Kier alpha value is 0.1000. The molecule has 0 bridgehead atoms. The van der Waals surface area contributed by atoms with Gasteiger partial charge in [0, 0.05) is 4.88 Å². The summed E-state index contributed by atoms with van der Waals surface area (Å²) in [5.74, 6) is 0. The number of halogens is 1. The number of hydrogen-bond acceptors (Lipinski definition) is 3. The van der Waals surface area contributed by atoms with Crippen molar-refractivity contribution < 1.29 is 4.74 Å². The summed E-state index contributed by atoms with van der Waals surface area (Å²) in [7, 11) is 2.01. The largest absolute Gasteiger partial charge is 0.379 e. The number of ether oxygens (including phenoxy) is 1. The molecule has 0 saturated carbocycles. The van der Waals surface area contributed by atoms with E-state index in [1.807, 2.05) is 18.4 Å². The van der Waals surface area contributed by atoms with Crippen LogP contribution in [0.3, 0.4) is 0 Å². The topological polar surface area (TPSA) is 21.3 Å². The molecule has 0 radical (unpaired) electrons. The van der Waals surface area contributed by atoms with Crippen LogP contribution in [-0.4, -0.2) is 26.8 Å². The highest BCUT2D eigenvalue weighted by Crippen LogP contribution is 2.41. The summed E-state index contributed by atoms with van der Waals surface area (Å²) in [6, 6.07) is 4.37. The van der Waals surface area contributed by atoms with E-state index in [9.17, 15) is 0 Å². The molecule has 0 aromatic carbocycles. The van der Waals surface area contributed by atoms with Gasteiger partial charge in [0.25, 0.3) is 0 Å². The molecule has 1 saturated heterocycles. The summed E-state index contributed by atoms with van der Waals surface area (Å²) >= 11 is 5.37. The van der Waals surface area contributed by atoms with Crippen molar-refractivity contribution in [3.63, 3.8) is 0 Å². The van der Waals surface area contributed by atoms with Crippen molar-refractivity contribution in [2.45, 2.75) is 18.3 Å². The molecule has 1 aliphatic rings. The lowest BCUT2D eigenvalue weighted by Crippen LogP contribution is -2.46. The molecule has 1 fully saturated rings. The van der Waals surface area contributed by atoms with Crippen molar-refractivity contribution in [2.75, 3.05) is 26.8 Å². The van der Waals surface area contributed by atoms with Crippen molar-refractivity contribution in [3.05, 3.63) is 20.8 Å².